The van der Waals surface area contributed by atoms with Gasteiger partial charge >= 0.3 is 0 Å². The van der Waals surface area contributed by atoms with Gasteiger partial charge in [-0.2, -0.15) is 5.10 Å². The molecule has 0 aliphatic rings. The molecule has 0 aliphatic heterocycles. The fourth-order valence-corrected chi connectivity index (χ4v) is 3.99. The van der Waals surface area contributed by atoms with Crippen LogP contribution in [-0.4, -0.2) is 36.1 Å². The molecule has 2 rings (SSSR count). The molecule has 2 aromatic rings. The molecule has 8 heteroatoms. The van der Waals surface area contributed by atoms with Crippen LogP contribution in [0.2, 0.25) is 0 Å². The summed E-state index contributed by atoms with van der Waals surface area (Å²) in [6.07, 6.45) is 0.994. The van der Waals surface area contributed by atoms with E-state index >= 15 is 0 Å². The highest BCUT2D eigenvalue weighted by Crippen LogP contribution is 2.23. The standard InChI is InChI=1S/C21H32N4O3S/c1-14(2)13-25-17(5)20(15(3)23-25)10-11-21(26)24(6)16(4)18-8-7-9-19(12-18)29(22,27)28/h7-9,12,14,16H,10-11,13H2,1-6H3,(H2,22,27,28). The molecule has 0 bridgehead atoms. The molecule has 0 saturated carbocycles. The maximum atomic E-state index is 12.8. The fraction of sp³-hybridized carbons (Fsp3) is 0.524. The Morgan fingerprint density at radius 2 is 1.90 bits per heavy atom. The summed E-state index contributed by atoms with van der Waals surface area (Å²) in [4.78, 5) is 14.5. The van der Waals surface area contributed by atoms with E-state index in [1.165, 1.54) is 12.1 Å². The van der Waals surface area contributed by atoms with E-state index in [4.69, 9.17) is 5.14 Å². The van der Waals surface area contributed by atoms with Gasteiger partial charge in [-0.3, -0.25) is 9.48 Å². The van der Waals surface area contributed by atoms with Crippen molar-refractivity contribution in [1.29, 1.82) is 0 Å². The first-order valence-corrected chi connectivity index (χ1v) is 11.4. The first-order chi connectivity index (χ1) is 13.4. The number of nitrogens with two attached hydrogens (primary N) is 1. The van der Waals surface area contributed by atoms with Gasteiger partial charge in [-0.1, -0.05) is 26.0 Å². The number of rotatable bonds is 8. The van der Waals surface area contributed by atoms with Gasteiger partial charge in [-0.25, -0.2) is 13.6 Å². The fourth-order valence-electron chi connectivity index (χ4n) is 3.42. The van der Waals surface area contributed by atoms with Crippen molar-refractivity contribution in [3.8, 4) is 0 Å². The van der Waals surface area contributed by atoms with E-state index in [0.29, 0.717) is 18.8 Å². The Hall–Kier alpha value is -2.19. The highest BCUT2D eigenvalue weighted by molar-refractivity contribution is 7.89. The largest absolute Gasteiger partial charge is 0.339 e. The molecule has 29 heavy (non-hydrogen) atoms. The summed E-state index contributed by atoms with van der Waals surface area (Å²) in [7, 11) is -2.05. The number of carbonyl (C=O) groups excluding carboxylic acids is 1. The lowest BCUT2D eigenvalue weighted by Crippen LogP contribution is -2.30. The average Bonchev–Trinajstić information content (AvgIpc) is 2.90. The summed E-state index contributed by atoms with van der Waals surface area (Å²) in [5, 5.41) is 9.83. The smallest absolute Gasteiger partial charge is 0.238 e. The molecule has 7 nitrogen and oxygen atoms in total. The van der Waals surface area contributed by atoms with Crippen molar-refractivity contribution < 1.29 is 13.2 Å². The van der Waals surface area contributed by atoms with E-state index in [9.17, 15) is 13.2 Å². The zero-order valence-electron chi connectivity index (χ0n) is 18.1. The van der Waals surface area contributed by atoms with Gasteiger partial charge < -0.3 is 4.90 Å². The number of primary sulfonamides is 1. The average molecular weight is 421 g/mol. The summed E-state index contributed by atoms with van der Waals surface area (Å²) in [5.41, 5.74) is 3.92. The molecule has 1 atom stereocenters. The lowest BCUT2D eigenvalue weighted by molar-refractivity contribution is -0.131. The zero-order valence-corrected chi connectivity index (χ0v) is 19.0. The van der Waals surface area contributed by atoms with Crippen molar-refractivity contribution in [1.82, 2.24) is 14.7 Å². The number of aromatic nitrogens is 2. The van der Waals surface area contributed by atoms with Crippen molar-refractivity contribution in [2.75, 3.05) is 7.05 Å². The van der Waals surface area contributed by atoms with Gasteiger partial charge in [0.15, 0.2) is 0 Å². The van der Waals surface area contributed by atoms with Gasteiger partial charge in [-0.15, -0.1) is 0 Å². The highest BCUT2D eigenvalue weighted by Gasteiger charge is 2.20. The Kier molecular flexibility index (Phi) is 7.24. The number of hydrogen-bond acceptors (Lipinski definition) is 4. The molecule has 1 heterocycles. The number of benzene rings is 1. The third-order valence-electron chi connectivity index (χ3n) is 5.30. The Bertz CT molecular complexity index is 980. The van der Waals surface area contributed by atoms with Crippen molar-refractivity contribution >= 4 is 15.9 Å². The van der Waals surface area contributed by atoms with Crippen LogP contribution in [0.3, 0.4) is 0 Å². The summed E-state index contributed by atoms with van der Waals surface area (Å²) >= 11 is 0. The van der Waals surface area contributed by atoms with Gasteiger partial charge in [-0.05, 0) is 56.4 Å². The minimum Gasteiger partial charge on any atom is -0.339 e. The Morgan fingerprint density at radius 3 is 2.48 bits per heavy atom. The Labute approximate surface area is 173 Å². The quantitative estimate of drug-likeness (QED) is 0.710. The number of aryl methyl sites for hydroxylation is 1. The van der Waals surface area contributed by atoms with E-state index in [0.717, 1.165) is 29.1 Å². The third-order valence-corrected chi connectivity index (χ3v) is 6.21. The molecule has 1 aromatic heterocycles. The van der Waals surface area contributed by atoms with Gasteiger partial charge in [0.05, 0.1) is 16.6 Å². The van der Waals surface area contributed by atoms with Gasteiger partial charge in [0.25, 0.3) is 0 Å². The number of nitrogens with zero attached hydrogens (tertiary/aromatic N) is 3. The lowest BCUT2D eigenvalue weighted by atomic mass is 10.0. The predicted molar refractivity (Wildman–Crippen MR) is 114 cm³/mol. The van der Waals surface area contributed by atoms with Crippen LogP contribution >= 0.6 is 0 Å². The van der Waals surface area contributed by atoms with Crippen molar-refractivity contribution in [2.45, 2.75) is 64.9 Å². The third kappa shape index (κ3) is 5.67. The monoisotopic (exact) mass is 420 g/mol. The topological polar surface area (TPSA) is 98.3 Å². The normalized spacial score (nSPS) is 13.0. The van der Waals surface area contributed by atoms with E-state index < -0.39 is 10.0 Å². The molecule has 0 fully saturated rings. The summed E-state index contributed by atoms with van der Waals surface area (Å²) in [6, 6.07) is 6.14. The van der Waals surface area contributed by atoms with Gasteiger partial charge in [0, 0.05) is 25.7 Å². The number of amides is 1. The molecule has 0 saturated heterocycles. The van der Waals surface area contributed by atoms with Crippen LogP contribution in [0.1, 0.15) is 55.7 Å². The summed E-state index contributed by atoms with van der Waals surface area (Å²) in [6.45, 7) is 11.1. The van der Waals surface area contributed by atoms with Crippen LogP contribution in [0, 0.1) is 19.8 Å². The summed E-state index contributed by atoms with van der Waals surface area (Å²) in [5.74, 6) is 0.497. The second-order valence-corrected chi connectivity index (χ2v) is 9.58. The zero-order chi connectivity index (χ0) is 21.9. The molecule has 1 aromatic carbocycles. The maximum Gasteiger partial charge on any atom is 0.238 e. The van der Waals surface area contributed by atoms with Gasteiger partial charge in [0.2, 0.25) is 15.9 Å². The predicted octanol–water partition coefficient (Wildman–Crippen LogP) is 2.96. The van der Waals surface area contributed by atoms with Crippen LogP contribution in [0.5, 0.6) is 0 Å². The summed E-state index contributed by atoms with van der Waals surface area (Å²) < 4.78 is 25.2. The first-order valence-electron chi connectivity index (χ1n) is 9.83. The maximum absolute atomic E-state index is 12.8. The Balaban J connectivity index is 2.09. The molecule has 160 valence electrons. The minimum absolute atomic E-state index is 0.00563. The van der Waals surface area contributed by atoms with E-state index in [1.807, 2.05) is 25.5 Å². The van der Waals surface area contributed by atoms with Crippen molar-refractivity contribution in [2.24, 2.45) is 11.1 Å². The van der Waals surface area contributed by atoms with E-state index in [1.54, 1.807) is 24.1 Å². The van der Waals surface area contributed by atoms with Crippen LogP contribution in [0.4, 0.5) is 0 Å². The van der Waals surface area contributed by atoms with Crippen molar-refractivity contribution in [3.05, 3.63) is 46.8 Å². The SMILES string of the molecule is Cc1nn(CC(C)C)c(C)c1CCC(=O)N(C)C(C)c1cccc(S(N)(=O)=O)c1. The minimum atomic E-state index is -3.78. The first kappa shape index (κ1) is 23.1. The number of hydrogen-bond donors (Lipinski definition) is 1. The molecule has 0 spiro atoms. The molecule has 0 aliphatic carbocycles. The molecular weight excluding hydrogens is 388 g/mol. The number of sulfonamides is 1. The molecule has 2 N–H and O–H groups in total. The molecule has 1 amide bonds. The van der Waals surface area contributed by atoms with Crippen LogP contribution < -0.4 is 5.14 Å². The second-order valence-electron chi connectivity index (χ2n) is 8.02. The molecule has 1 unspecified atom stereocenters. The number of carbonyl (C=O) groups is 1. The van der Waals surface area contributed by atoms with Crippen molar-refractivity contribution in [3.63, 3.8) is 0 Å². The Morgan fingerprint density at radius 1 is 1.24 bits per heavy atom. The molecule has 0 radical (unpaired) electrons. The lowest BCUT2D eigenvalue weighted by Gasteiger charge is -2.26. The van der Waals surface area contributed by atoms with Crippen LogP contribution in [0.25, 0.3) is 0 Å². The van der Waals surface area contributed by atoms with Gasteiger partial charge in [0.1, 0.15) is 0 Å². The highest BCUT2D eigenvalue weighted by atomic mass is 32.2. The van der Waals surface area contributed by atoms with E-state index in [2.05, 4.69) is 18.9 Å². The van der Waals surface area contributed by atoms with E-state index in [-0.39, 0.29) is 16.8 Å². The van der Waals surface area contributed by atoms with Crippen LogP contribution in [0.15, 0.2) is 29.2 Å². The second kappa shape index (κ2) is 9.09. The van der Waals surface area contributed by atoms with Crippen LogP contribution in [-0.2, 0) is 27.8 Å². The molecular formula is C21H32N4O3S.